The zero-order valence-electron chi connectivity index (χ0n) is 16.3. The molecule has 0 bridgehead atoms. The van der Waals surface area contributed by atoms with E-state index in [1.54, 1.807) is 30.3 Å². The summed E-state index contributed by atoms with van der Waals surface area (Å²) in [4.78, 5) is 7.40. The minimum atomic E-state index is -3.93. The first-order valence-electron chi connectivity index (χ1n) is 9.13. The lowest BCUT2D eigenvalue weighted by molar-refractivity contribution is 0.589. The molecule has 4 rings (SSSR count). The molecule has 0 saturated carbocycles. The Balaban J connectivity index is 1.90. The Kier molecular flexibility index (Phi) is 5.24. The van der Waals surface area contributed by atoms with E-state index in [1.165, 1.54) is 48.5 Å². The second-order valence-electron chi connectivity index (χ2n) is 6.89. The molecule has 0 radical (unpaired) electrons. The van der Waals surface area contributed by atoms with Crippen LogP contribution in [-0.2, 0) is 19.7 Å². The maximum Gasteiger partial charge on any atom is 0.239 e. The predicted molar refractivity (Wildman–Crippen MR) is 114 cm³/mol. The van der Waals surface area contributed by atoms with Gasteiger partial charge in [-0.15, -0.1) is 0 Å². The van der Waals surface area contributed by atoms with E-state index in [2.05, 4.69) is 9.97 Å². The molecule has 1 N–H and O–H groups in total. The summed E-state index contributed by atoms with van der Waals surface area (Å²) in [6, 6.07) is 19.4. The van der Waals surface area contributed by atoms with Crippen molar-refractivity contribution < 1.29 is 21.2 Å². The van der Waals surface area contributed by atoms with E-state index in [1.807, 2.05) is 0 Å². The summed E-state index contributed by atoms with van der Waals surface area (Å²) in [7, 11) is -7.32. The fraction of sp³-hybridized carbons (Fsp3) is 0.0455. The van der Waals surface area contributed by atoms with Crippen LogP contribution in [0.5, 0.6) is 0 Å². The molecule has 3 aromatic carbocycles. The van der Waals surface area contributed by atoms with Crippen molar-refractivity contribution >= 4 is 19.7 Å². The number of sulfone groups is 2. The normalized spacial score (nSPS) is 12.1. The zero-order chi connectivity index (χ0) is 22.2. The number of H-pyrrole nitrogens is 1. The van der Waals surface area contributed by atoms with Crippen LogP contribution in [0.3, 0.4) is 0 Å². The van der Waals surface area contributed by atoms with Crippen molar-refractivity contribution in [1.29, 1.82) is 0 Å². The van der Waals surface area contributed by atoms with Crippen molar-refractivity contribution in [2.45, 2.75) is 14.9 Å². The van der Waals surface area contributed by atoms with Gasteiger partial charge in [0.05, 0.1) is 21.2 Å². The quantitative estimate of drug-likeness (QED) is 0.487. The van der Waals surface area contributed by atoms with Crippen molar-refractivity contribution in [1.82, 2.24) is 9.97 Å². The van der Waals surface area contributed by atoms with Crippen LogP contribution in [0.2, 0.25) is 0 Å². The molecule has 31 heavy (non-hydrogen) atoms. The minimum Gasteiger partial charge on any atom is -0.328 e. The van der Waals surface area contributed by atoms with Crippen LogP contribution in [-0.4, -0.2) is 33.1 Å². The molecule has 0 fully saturated rings. The van der Waals surface area contributed by atoms with Crippen molar-refractivity contribution in [3.8, 4) is 22.5 Å². The van der Waals surface area contributed by atoms with Gasteiger partial charge in [0.1, 0.15) is 5.82 Å². The Morgan fingerprint density at radius 3 is 1.90 bits per heavy atom. The summed E-state index contributed by atoms with van der Waals surface area (Å²) in [5.41, 5.74) is 1.73. The molecule has 1 heterocycles. The van der Waals surface area contributed by atoms with Crippen LogP contribution in [0.4, 0.5) is 4.39 Å². The van der Waals surface area contributed by atoms with Crippen LogP contribution >= 0.6 is 0 Å². The topological polar surface area (TPSA) is 97.0 Å². The second kappa shape index (κ2) is 7.75. The molecular formula is C22H17FN2O4S2. The van der Waals surface area contributed by atoms with E-state index in [-0.39, 0.29) is 14.9 Å². The van der Waals surface area contributed by atoms with E-state index in [4.69, 9.17) is 0 Å². The molecule has 0 spiro atoms. The van der Waals surface area contributed by atoms with Crippen LogP contribution in [0.25, 0.3) is 22.5 Å². The summed E-state index contributed by atoms with van der Waals surface area (Å²) in [5.74, 6) is -0.431. The Morgan fingerprint density at radius 1 is 0.742 bits per heavy atom. The van der Waals surface area contributed by atoms with Crippen molar-refractivity contribution in [3.63, 3.8) is 0 Å². The lowest BCUT2D eigenvalue weighted by atomic mass is 10.1. The van der Waals surface area contributed by atoms with E-state index < -0.39 is 25.5 Å². The highest BCUT2D eigenvalue weighted by Gasteiger charge is 2.25. The standard InChI is InChI=1S/C22H17FN2O4S2/c1-30(26,27)18-13-9-16(10-14-18)21-20(15-7-11-17(23)12-8-15)24-22(25-21)31(28,29)19-5-3-2-4-6-19/h2-14H,1H3,(H,24,25). The minimum absolute atomic E-state index is 0.0772. The molecule has 0 aliphatic carbocycles. The third-order valence-electron chi connectivity index (χ3n) is 4.68. The van der Waals surface area contributed by atoms with E-state index >= 15 is 0 Å². The largest absolute Gasteiger partial charge is 0.328 e. The number of rotatable bonds is 5. The lowest BCUT2D eigenvalue weighted by Crippen LogP contribution is -2.04. The summed E-state index contributed by atoms with van der Waals surface area (Å²) >= 11 is 0. The van der Waals surface area contributed by atoms with Gasteiger partial charge in [0, 0.05) is 17.4 Å². The van der Waals surface area contributed by atoms with Gasteiger partial charge in [-0.25, -0.2) is 26.2 Å². The first-order chi connectivity index (χ1) is 14.7. The summed E-state index contributed by atoms with van der Waals surface area (Å²) in [6.07, 6.45) is 1.10. The Bertz CT molecular complexity index is 1440. The third-order valence-corrected chi connectivity index (χ3v) is 7.40. The van der Waals surface area contributed by atoms with Crippen LogP contribution in [0, 0.1) is 5.82 Å². The van der Waals surface area contributed by atoms with Crippen LogP contribution in [0.1, 0.15) is 0 Å². The molecule has 0 atom stereocenters. The van der Waals surface area contributed by atoms with Gasteiger partial charge in [-0.05, 0) is 48.5 Å². The lowest BCUT2D eigenvalue weighted by Gasteiger charge is -2.04. The zero-order valence-corrected chi connectivity index (χ0v) is 17.9. The van der Waals surface area contributed by atoms with Gasteiger partial charge in [-0.1, -0.05) is 30.3 Å². The van der Waals surface area contributed by atoms with Gasteiger partial charge < -0.3 is 4.98 Å². The van der Waals surface area contributed by atoms with Gasteiger partial charge in [-0.3, -0.25) is 0 Å². The Morgan fingerprint density at radius 2 is 1.32 bits per heavy atom. The van der Waals surface area contributed by atoms with Gasteiger partial charge in [0.25, 0.3) is 0 Å². The fourth-order valence-electron chi connectivity index (χ4n) is 3.08. The number of halogens is 1. The highest BCUT2D eigenvalue weighted by atomic mass is 32.2. The number of hydrogen-bond acceptors (Lipinski definition) is 5. The smallest absolute Gasteiger partial charge is 0.239 e. The maximum absolute atomic E-state index is 13.4. The van der Waals surface area contributed by atoms with Gasteiger partial charge in [0.15, 0.2) is 9.84 Å². The summed E-state index contributed by atoms with van der Waals surface area (Å²) in [5, 5.41) is -0.264. The van der Waals surface area contributed by atoms with Crippen molar-refractivity contribution in [2.75, 3.05) is 6.26 Å². The molecule has 158 valence electrons. The molecule has 6 nitrogen and oxygen atoms in total. The molecule has 4 aromatic rings. The Hall–Kier alpha value is -3.30. The summed E-state index contributed by atoms with van der Waals surface area (Å²) in [6.45, 7) is 0. The molecule has 0 saturated heterocycles. The van der Waals surface area contributed by atoms with E-state index in [0.717, 1.165) is 6.26 Å². The number of aromatic nitrogens is 2. The number of nitrogens with zero attached hydrogens (tertiary/aromatic N) is 1. The molecule has 0 aliphatic heterocycles. The van der Waals surface area contributed by atoms with Crippen molar-refractivity contribution in [3.05, 3.63) is 84.7 Å². The van der Waals surface area contributed by atoms with Crippen LogP contribution < -0.4 is 0 Å². The number of aromatic amines is 1. The SMILES string of the molecule is CS(=O)(=O)c1ccc(-c2nc(S(=O)(=O)c3ccccc3)[nH]c2-c2ccc(F)cc2)cc1. The Labute approximate surface area is 179 Å². The maximum atomic E-state index is 13.4. The highest BCUT2D eigenvalue weighted by Crippen LogP contribution is 2.33. The number of nitrogens with one attached hydrogen (secondary N) is 1. The third kappa shape index (κ3) is 4.14. The fourth-order valence-corrected chi connectivity index (χ4v) is 4.90. The first-order valence-corrected chi connectivity index (χ1v) is 12.5. The average Bonchev–Trinajstić information content (AvgIpc) is 3.21. The van der Waals surface area contributed by atoms with Gasteiger partial charge in [-0.2, -0.15) is 0 Å². The summed E-state index contributed by atoms with van der Waals surface area (Å²) < 4.78 is 63.1. The monoisotopic (exact) mass is 456 g/mol. The second-order valence-corrected chi connectivity index (χ2v) is 10.8. The average molecular weight is 457 g/mol. The molecule has 9 heteroatoms. The van der Waals surface area contributed by atoms with E-state index in [0.29, 0.717) is 22.5 Å². The number of benzene rings is 3. The molecule has 1 aromatic heterocycles. The number of hydrogen-bond donors (Lipinski definition) is 1. The van der Waals surface area contributed by atoms with E-state index in [9.17, 15) is 21.2 Å². The molecule has 0 unspecified atom stereocenters. The van der Waals surface area contributed by atoms with Gasteiger partial charge in [0.2, 0.25) is 15.0 Å². The predicted octanol–water partition coefficient (Wildman–Crippen LogP) is 4.12. The molecule has 0 aliphatic rings. The molecular weight excluding hydrogens is 439 g/mol. The van der Waals surface area contributed by atoms with Crippen LogP contribution in [0.15, 0.2) is 93.8 Å². The highest BCUT2D eigenvalue weighted by molar-refractivity contribution is 7.91. The number of imidazole rings is 1. The molecule has 0 amide bonds. The van der Waals surface area contributed by atoms with Gasteiger partial charge >= 0.3 is 0 Å². The first kappa shape index (κ1) is 21.0. The van der Waals surface area contributed by atoms with Crippen molar-refractivity contribution in [2.24, 2.45) is 0 Å².